The standard InChI is InChI=1S/C11H18N2OS/c1-7(2)4-5-13-11(14)10-6-9(12)8(3)15-10/h6-7H,4-5,12H2,1-3H3,(H,13,14). The van der Waals surface area contributed by atoms with Crippen LogP contribution in [0, 0.1) is 12.8 Å². The number of aryl methyl sites for hydroxylation is 1. The summed E-state index contributed by atoms with van der Waals surface area (Å²) in [5, 5.41) is 2.89. The van der Waals surface area contributed by atoms with Gasteiger partial charge in [0.05, 0.1) is 4.88 Å². The quantitative estimate of drug-likeness (QED) is 0.828. The van der Waals surface area contributed by atoms with Crippen molar-refractivity contribution in [1.29, 1.82) is 0 Å². The topological polar surface area (TPSA) is 55.1 Å². The summed E-state index contributed by atoms with van der Waals surface area (Å²) in [7, 11) is 0. The third kappa shape index (κ3) is 3.55. The highest BCUT2D eigenvalue weighted by Gasteiger charge is 2.10. The summed E-state index contributed by atoms with van der Waals surface area (Å²) in [6.07, 6.45) is 1.01. The molecule has 0 radical (unpaired) electrons. The number of hydrogen-bond donors (Lipinski definition) is 2. The van der Waals surface area contributed by atoms with E-state index < -0.39 is 0 Å². The summed E-state index contributed by atoms with van der Waals surface area (Å²) in [6.45, 7) is 6.93. The number of nitrogens with two attached hydrogens (primary N) is 1. The molecular formula is C11H18N2OS. The molecule has 0 aliphatic rings. The molecule has 0 aromatic carbocycles. The largest absolute Gasteiger partial charge is 0.398 e. The lowest BCUT2D eigenvalue weighted by Gasteiger charge is -2.05. The molecule has 3 N–H and O–H groups in total. The van der Waals surface area contributed by atoms with Crippen LogP contribution in [0.3, 0.4) is 0 Å². The third-order valence-corrected chi connectivity index (χ3v) is 3.25. The van der Waals surface area contributed by atoms with Crippen LogP contribution >= 0.6 is 11.3 Å². The first-order valence-corrected chi connectivity index (χ1v) is 5.96. The van der Waals surface area contributed by atoms with Gasteiger partial charge in [-0.2, -0.15) is 0 Å². The number of amides is 1. The predicted octanol–water partition coefficient (Wildman–Crippen LogP) is 2.41. The molecule has 0 unspecified atom stereocenters. The highest BCUT2D eigenvalue weighted by Crippen LogP contribution is 2.23. The second kappa shape index (κ2) is 5.16. The number of nitrogens with one attached hydrogen (secondary N) is 1. The molecule has 0 saturated heterocycles. The van der Waals surface area contributed by atoms with Gasteiger partial charge in [-0.05, 0) is 25.3 Å². The summed E-state index contributed by atoms with van der Waals surface area (Å²) >= 11 is 1.44. The van der Waals surface area contributed by atoms with Crippen molar-refractivity contribution in [2.45, 2.75) is 27.2 Å². The zero-order valence-electron chi connectivity index (χ0n) is 9.46. The number of carbonyl (C=O) groups excluding carboxylic acids is 1. The second-order valence-electron chi connectivity index (χ2n) is 4.06. The zero-order chi connectivity index (χ0) is 11.4. The van der Waals surface area contributed by atoms with Gasteiger partial charge in [0.1, 0.15) is 0 Å². The first-order valence-electron chi connectivity index (χ1n) is 5.14. The van der Waals surface area contributed by atoms with Crippen molar-refractivity contribution >= 4 is 22.9 Å². The number of rotatable bonds is 4. The van der Waals surface area contributed by atoms with Crippen LogP contribution in [0.1, 0.15) is 34.8 Å². The van der Waals surface area contributed by atoms with E-state index in [0.29, 0.717) is 16.5 Å². The summed E-state index contributed by atoms with van der Waals surface area (Å²) in [5.74, 6) is 0.598. The van der Waals surface area contributed by atoms with E-state index >= 15 is 0 Å². The van der Waals surface area contributed by atoms with Crippen molar-refractivity contribution < 1.29 is 4.79 Å². The maximum Gasteiger partial charge on any atom is 0.261 e. The van der Waals surface area contributed by atoms with Crippen molar-refractivity contribution in [3.63, 3.8) is 0 Å². The molecule has 0 saturated carbocycles. The lowest BCUT2D eigenvalue weighted by Crippen LogP contribution is -2.24. The number of thiophene rings is 1. The molecule has 0 fully saturated rings. The Morgan fingerprint density at radius 2 is 2.27 bits per heavy atom. The highest BCUT2D eigenvalue weighted by molar-refractivity contribution is 7.14. The lowest BCUT2D eigenvalue weighted by atomic mass is 10.1. The smallest absolute Gasteiger partial charge is 0.261 e. The molecule has 0 aliphatic heterocycles. The molecule has 84 valence electrons. The molecule has 0 aliphatic carbocycles. The maximum absolute atomic E-state index is 11.6. The van der Waals surface area contributed by atoms with E-state index in [1.54, 1.807) is 6.07 Å². The van der Waals surface area contributed by atoms with Gasteiger partial charge in [0, 0.05) is 17.1 Å². The van der Waals surface area contributed by atoms with E-state index in [9.17, 15) is 4.79 Å². The average molecular weight is 226 g/mol. The molecule has 0 bridgehead atoms. The summed E-state index contributed by atoms with van der Waals surface area (Å²) in [5.41, 5.74) is 6.39. The summed E-state index contributed by atoms with van der Waals surface area (Å²) in [6, 6.07) is 1.74. The Morgan fingerprint density at radius 1 is 1.60 bits per heavy atom. The van der Waals surface area contributed by atoms with Crippen molar-refractivity contribution in [2.24, 2.45) is 5.92 Å². The van der Waals surface area contributed by atoms with Crippen LogP contribution in [0.2, 0.25) is 0 Å². The maximum atomic E-state index is 11.6. The Morgan fingerprint density at radius 3 is 2.73 bits per heavy atom. The molecule has 15 heavy (non-hydrogen) atoms. The molecule has 0 spiro atoms. The Balaban J connectivity index is 2.47. The van der Waals surface area contributed by atoms with Gasteiger partial charge in [-0.1, -0.05) is 13.8 Å². The van der Waals surface area contributed by atoms with Crippen LogP contribution in [0.15, 0.2) is 6.07 Å². The molecule has 1 aromatic heterocycles. The van der Waals surface area contributed by atoms with Gasteiger partial charge in [0.15, 0.2) is 0 Å². The Bertz CT molecular complexity index is 325. The van der Waals surface area contributed by atoms with E-state index in [1.807, 2.05) is 6.92 Å². The number of nitrogen functional groups attached to an aromatic ring is 1. The lowest BCUT2D eigenvalue weighted by molar-refractivity contribution is 0.0956. The van der Waals surface area contributed by atoms with Gasteiger partial charge < -0.3 is 11.1 Å². The fraction of sp³-hybridized carbons (Fsp3) is 0.545. The van der Waals surface area contributed by atoms with Crippen molar-refractivity contribution in [3.05, 3.63) is 15.8 Å². The molecule has 1 heterocycles. The van der Waals surface area contributed by atoms with Crippen molar-refractivity contribution in [3.8, 4) is 0 Å². The number of anilines is 1. The Kier molecular flexibility index (Phi) is 4.15. The van der Waals surface area contributed by atoms with Gasteiger partial charge in [0.25, 0.3) is 5.91 Å². The SMILES string of the molecule is Cc1sc(C(=O)NCCC(C)C)cc1N. The van der Waals surface area contributed by atoms with Gasteiger partial charge in [-0.25, -0.2) is 0 Å². The second-order valence-corrected chi connectivity index (χ2v) is 5.32. The minimum absolute atomic E-state index is 0.0135. The van der Waals surface area contributed by atoms with E-state index in [0.717, 1.165) is 17.8 Å². The summed E-state index contributed by atoms with van der Waals surface area (Å²) in [4.78, 5) is 13.3. The van der Waals surface area contributed by atoms with Gasteiger partial charge in [0.2, 0.25) is 0 Å². The molecule has 1 aromatic rings. The van der Waals surface area contributed by atoms with Crippen LogP contribution in [0.5, 0.6) is 0 Å². The Hall–Kier alpha value is -1.03. The van der Waals surface area contributed by atoms with Crippen LogP contribution in [-0.2, 0) is 0 Å². The Labute approximate surface area is 94.7 Å². The minimum Gasteiger partial charge on any atom is -0.398 e. The van der Waals surface area contributed by atoms with Gasteiger partial charge in [-0.15, -0.1) is 11.3 Å². The molecule has 1 amide bonds. The predicted molar refractivity (Wildman–Crippen MR) is 65.3 cm³/mol. The van der Waals surface area contributed by atoms with E-state index in [2.05, 4.69) is 19.2 Å². The highest BCUT2D eigenvalue weighted by atomic mass is 32.1. The van der Waals surface area contributed by atoms with Crippen molar-refractivity contribution in [2.75, 3.05) is 12.3 Å². The van der Waals surface area contributed by atoms with Crippen LogP contribution in [-0.4, -0.2) is 12.5 Å². The third-order valence-electron chi connectivity index (χ3n) is 2.19. The molecule has 4 heteroatoms. The number of hydrogen-bond acceptors (Lipinski definition) is 3. The normalized spacial score (nSPS) is 10.7. The summed E-state index contributed by atoms with van der Waals surface area (Å²) < 4.78 is 0. The van der Waals surface area contributed by atoms with E-state index in [4.69, 9.17) is 5.73 Å². The van der Waals surface area contributed by atoms with Gasteiger partial charge >= 0.3 is 0 Å². The first kappa shape index (κ1) is 12.0. The monoisotopic (exact) mass is 226 g/mol. The van der Waals surface area contributed by atoms with Gasteiger partial charge in [-0.3, -0.25) is 4.79 Å². The van der Waals surface area contributed by atoms with Crippen LogP contribution in [0.25, 0.3) is 0 Å². The minimum atomic E-state index is -0.0135. The van der Waals surface area contributed by atoms with E-state index in [-0.39, 0.29) is 5.91 Å². The van der Waals surface area contributed by atoms with Crippen molar-refractivity contribution in [1.82, 2.24) is 5.32 Å². The molecular weight excluding hydrogens is 208 g/mol. The molecule has 3 nitrogen and oxygen atoms in total. The fourth-order valence-corrected chi connectivity index (χ4v) is 2.03. The molecule has 1 rings (SSSR count). The van der Waals surface area contributed by atoms with Crippen LogP contribution < -0.4 is 11.1 Å². The zero-order valence-corrected chi connectivity index (χ0v) is 10.3. The van der Waals surface area contributed by atoms with Crippen LogP contribution in [0.4, 0.5) is 5.69 Å². The molecule has 0 atom stereocenters. The van der Waals surface area contributed by atoms with E-state index in [1.165, 1.54) is 11.3 Å². The average Bonchev–Trinajstić information content (AvgIpc) is 2.46. The first-order chi connectivity index (χ1) is 7.00. The fourth-order valence-electron chi connectivity index (χ4n) is 1.17. The number of carbonyl (C=O) groups is 1.